The second kappa shape index (κ2) is 14.1. The molecule has 0 unspecified atom stereocenters. The van der Waals surface area contributed by atoms with Crippen LogP contribution in [0.3, 0.4) is 0 Å². The van der Waals surface area contributed by atoms with Gasteiger partial charge in [-0.2, -0.15) is 0 Å². The molecule has 286 valence electrons. The van der Waals surface area contributed by atoms with E-state index in [2.05, 4.69) is 206 Å². The predicted molar refractivity (Wildman–Crippen MR) is 247 cm³/mol. The SMILES string of the molecule is c1ccc(-c2cc(-c3cccc4c3Oc3cc5c(cc3O4)-c3ccccc3C5(c3ccccc3)c3ccccc3)cc(-c3ccc(-c4ccccc4)c4ccccc34)n2)cc1. The molecular weight excluding hydrogens is 743 g/mol. The fourth-order valence-electron chi connectivity index (χ4n) is 9.74. The van der Waals surface area contributed by atoms with E-state index in [9.17, 15) is 0 Å². The summed E-state index contributed by atoms with van der Waals surface area (Å²) in [7, 11) is 0. The summed E-state index contributed by atoms with van der Waals surface area (Å²) >= 11 is 0. The molecule has 2 aliphatic rings. The molecule has 1 aliphatic heterocycles. The monoisotopic (exact) mass is 779 g/mol. The van der Waals surface area contributed by atoms with Gasteiger partial charge in [0, 0.05) is 16.7 Å². The minimum atomic E-state index is -0.559. The van der Waals surface area contributed by atoms with Gasteiger partial charge in [-0.25, -0.2) is 4.98 Å². The molecule has 0 bridgehead atoms. The lowest BCUT2D eigenvalue weighted by molar-refractivity contribution is 0.360. The first-order chi connectivity index (χ1) is 30.2. The Hall–Kier alpha value is -8.01. The third-order valence-electron chi connectivity index (χ3n) is 12.4. The Balaban J connectivity index is 1.03. The Morgan fingerprint density at radius 1 is 0.311 bits per heavy atom. The number of nitrogens with zero attached hydrogens (tertiary/aromatic N) is 1. The van der Waals surface area contributed by atoms with E-state index in [1.807, 2.05) is 18.2 Å². The van der Waals surface area contributed by atoms with E-state index in [1.54, 1.807) is 0 Å². The zero-order valence-electron chi connectivity index (χ0n) is 33.1. The van der Waals surface area contributed by atoms with Crippen molar-refractivity contribution in [1.82, 2.24) is 4.98 Å². The van der Waals surface area contributed by atoms with Gasteiger partial charge in [0.25, 0.3) is 0 Å². The Bertz CT molecular complexity index is 3250. The maximum Gasteiger partial charge on any atom is 0.177 e. The van der Waals surface area contributed by atoms with Gasteiger partial charge in [0.05, 0.1) is 16.8 Å². The Kier molecular flexibility index (Phi) is 8.07. The molecule has 3 heteroatoms. The summed E-state index contributed by atoms with van der Waals surface area (Å²) in [6, 6.07) is 79.4. The van der Waals surface area contributed by atoms with Crippen molar-refractivity contribution in [2.75, 3.05) is 0 Å². The normalized spacial score (nSPS) is 13.0. The number of hydrogen-bond donors (Lipinski definition) is 0. The summed E-state index contributed by atoms with van der Waals surface area (Å²) in [4.78, 5) is 5.36. The van der Waals surface area contributed by atoms with Crippen LogP contribution in [0.5, 0.6) is 23.0 Å². The lowest BCUT2D eigenvalue weighted by Crippen LogP contribution is -2.28. The summed E-state index contributed by atoms with van der Waals surface area (Å²) in [6.07, 6.45) is 0. The maximum absolute atomic E-state index is 7.13. The lowest BCUT2D eigenvalue weighted by Gasteiger charge is -2.34. The number of fused-ring (bicyclic) bond motifs is 6. The molecule has 0 N–H and O–H groups in total. The van der Waals surface area contributed by atoms with Crippen molar-refractivity contribution in [1.29, 1.82) is 0 Å². The second-order valence-corrected chi connectivity index (χ2v) is 15.8. The number of para-hydroxylation sites is 1. The van der Waals surface area contributed by atoms with Crippen LogP contribution in [-0.4, -0.2) is 4.98 Å². The third kappa shape index (κ3) is 5.55. The Morgan fingerprint density at radius 2 is 0.869 bits per heavy atom. The number of hydrogen-bond acceptors (Lipinski definition) is 3. The van der Waals surface area contributed by atoms with Crippen molar-refractivity contribution in [2.45, 2.75) is 5.41 Å². The molecule has 0 fully saturated rings. The molecular formula is C58H37NO2. The highest BCUT2D eigenvalue weighted by Gasteiger charge is 2.47. The Morgan fingerprint density at radius 3 is 1.59 bits per heavy atom. The number of rotatable bonds is 6. The van der Waals surface area contributed by atoms with Crippen LogP contribution in [-0.2, 0) is 5.41 Å². The van der Waals surface area contributed by atoms with Crippen molar-refractivity contribution in [3.63, 3.8) is 0 Å². The molecule has 9 aromatic carbocycles. The van der Waals surface area contributed by atoms with Gasteiger partial charge in [-0.1, -0.05) is 194 Å². The average Bonchev–Trinajstić information content (AvgIpc) is 3.62. The molecule has 3 nitrogen and oxygen atoms in total. The molecule has 12 rings (SSSR count). The standard InChI is InChI=1S/C58H37NO2/c1-5-18-38(19-6-1)43-32-33-48(46-27-14-13-26-45(43)46)53-35-40(34-52(59-53)39-20-7-2-8-21-39)44-29-17-31-54-57(44)61-56-37-51-49(36-55(56)60-54)47-28-15-16-30-50(47)58(51,41-22-9-3-10-23-41)42-24-11-4-12-25-42/h1-37H. The lowest BCUT2D eigenvalue weighted by atomic mass is 9.67. The molecule has 0 radical (unpaired) electrons. The first-order valence-corrected chi connectivity index (χ1v) is 20.8. The van der Waals surface area contributed by atoms with E-state index in [-0.39, 0.29) is 0 Å². The van der Waals surface area contributed by atoms with E-state index in [4.69, 9.17) is 14.5 Å². The van der Waals surface area contributed by atoms with Crippen LogP contribution in [0.4, 0.5) is 0 Å². The number of benzene rings is 9. The van der Waals surface area contributed by atoms with Crippen molar-refractivity contribution in [2.24, 2.45) is 0 Å². The highest BCUT2D eigenvalue weighted by molar-refractivity contribution is 6.05. The first kappa shape index (κ1) is 35.0. The molecule has 10 aromatic rings. The van der Waals surface area contributed by atoms with Gasteiger partial charge in [0.1, 0.15) is 0 Å². The predicted octanol–water partition coefficient (Wildman–Crippen LogP) is 15.2. The third-order valence-corrected chi connectivity index (χ3v) is 12.4. The van der Waals surface area contributed by atoms with Gasteiger partial charge >= 0.3 is 0 Å². The molecule has 0 amide bonds. The van der Waals surface area contributed by atoms with Gasteiger partial charge in [0.15, 0.2) is 23.0 Å². The zero-order chi connectivity index (χ0) is 40.3. The van der Waals surface area contributed by atoms with Gasteiger partial charge in [0.2, 0.25) is 0 Å². The van der Waals surface area contributed by atoms with E-state index in [0.29, 0.717) is 23.0 Å². The fourth-order valence-corrected chi connectivity index (χ4v) is 9.74. The molecule has 0 saturated heterocycles. The van der Waals surface area contributed by atoms with E-state index in [1.165, 1.54) is 38.8 Å². The van der Waals surface area contributed by atoms with Gasteiger partial charge in [-0.15, -0.1) is 0 Å². The minimum Gasteiger partial charge on any atom is -0.449 e. The highest BCUT2D eigenvalue weighted by Crippen LogP contribution is 2.60. The van der Waals surface area contributed by atoms with Gasteiger partial charge in [-0.05, 0) is 91.2 Å². The van der Waals surface area contributed by atoms with Crippen LogP contribution in [0.1, 0.15) is 22.3 Å². The van der Waals surface area contributed by atoms with Crippen LogP contribution >= 0.6 is 0 Å². The summed E-state index contributed by atoms with van der Waals surface area (Å²) < 4.78 is 14.0. The van der Waals surface area contributed by atoms with Crippen molar-refractivity contribution in [3.05, 3.63) is 247 Å². The molecule has 0 saturated carbocycles. The van der Waals surface area contributed by atoms with Crippen LogP contribution in [0.2, 0.25) is 0 Å². The van der Waals surface area contributed by atoms with Gasteiger partial charge in [-0.3, -0.25) is 0 Å². The molecule has 61 heavy (non-hydrogen) atoms. The van der Waals surface area contributed by atoms with Gasteiger partial charge < -0.3 is 9.47 Å². The summed E-state index contributed by atoms with van der Waals surface area (Å²) in [6.45, 7) is 0. The molecule has 0 atom stereocenters. The van der Waals surface area contributed by atoms with Crippen LogP contribution in [0, 0.1) is 0 Å². The minimum absolute atomic E-state index is 0.559. The first-order valence-electron chi connectivity index (χ1n) is 20.8. The van der Waals surface area contributed by atoms with Crippen LogP contribution in [0.25, 0.3) is 66.7 Å². The van der Waals surface area contributed by atoms with Crippen LogP contribution < -0.4 is 9.47 Å². The van der Waals surface area contributed by atoms with Crippen LogP contribution in [0.15, 0.2) is 224 Å². The fraction of sp³-hybridized carbons (Fsp3) is 0.0172. The van der Waals surface area contributed by atoms with Crippen molar-refractivity contribution in [3.8, 4) is 78.9 Å². The topological polar surface area (TPSA) is 31.4 Å². The number of aromatic nitrogens is 1. The summed E-state index contributed by atoms with van der Waals surface area (Å²) in [5, 5.41) is 2.33. The molecule has 1 aliphatic carbocycles. The quantitative estimate of drug-likeness (QED) is 0.168. The summed E-state index contributed by atoms with van der Waals surface area (Å²) in [5.74, 6) is 2.73. The van der Waals surface area contributed by atoms with E-state index < -0.39 is 5.41 Å². The Labute approximate surface area is 354 Å². The highest BCUT2D eigenvalue weighted by atomic mass is 16.6. The van der Waals surface area contributed by atoms with E-state index in [0.717, 1.165) is 50.2 Å². The second-order valence-electron chi connectivity index (χ2n) is 15.8. The van der Waals surface area contributed by atoms with E-state index >= 15 is 0 Å². The molecule has 2 heterocycles. The average molecular weight is 780 g/mol. The van der Waals surface area contributed by atoms with Crippen molar-refractivity contribution < 1.29 is 9.47 Å². The number of ether oxygens (including phenoxy) is 2. The summed E-state index contributed by atoms with van der Waals surface area (Å²) in [5.41, 5.74) is 14.7. The van der Waals surface area contributed by atoms with Crippen molar-refractivity contribution >= 4 is 10.8 Å². The maximum atomic E-state index is 7.13. The molecule has 1 aromatic heterocycles. The zero-order valence-corrected chi connectivity index (χ0v) is 33.1. The largest absolute Gasteiger partial charge is 0.449 e. The molecule has 0 spiro atoms. The smallest absolute Gasteiger partial charge is 0.177 e. The number of pyridine rings is 1.